The lowest BCUT2D eigenvalue weighted by Crippen LogP contribution is -2.26. The topological polar surface area (TPSA) is 64.6 Å². The third kappa shape index (κ3) is 11.9. The first kappa shape index (κ1) is 18.8. The summed E-state index contributed by atoms with van der Waals surface area (Å²) >= 11 is 0. The van der Waals surface area contributed by atoms with E-state index in [1.54, 1.807) is 13.8 Å². The molecule has 0 aliphatic rings. The number of carbonyl (C=O) groups excluding carboxylic acids is 2. The molecule has 0 aliphatic carbocycles. The number of hydrogen-bond acceptors (Lipinski definition) is 4. The highest BCUT2D eigenvalue weighted by molar-refractivity contribution is 5.98. The molecule has 0 spiro atoms. The van der Waals surface area contributed by atoms with Crippen molar-refractivity contribution in [1.29, 1.82) is 0 Å². The molecule has 0 heterocycles. The third-order valence-electron chi connectivity index (χ3n) is 2.34. The van der Waals surface area contributed by atoms with Crippen molar-refractivity contribution in [3.8, 4) is 0 Å². The zero-order valence-corrected chi connectivity index (χ0v) is 13.0. The highest BCUT2D eigenvalue weighted by Gasteiger charge is 2.03. The Morgan fingerprint density at radius 3 is 2.25 bits per heavy atom. The van der Waals surface area contributed by atoms with Crippen LogP contribution in [0.1, 0.15) is 27.7 Å². The van der Waals surface area contributed by atoms with E-state index in [0.717, 1.165) is 6.61 Å². The molecule has 0 aromatic rings. The Labute approximate surface area is 121 Å². The number of nitrogens with one attached hydrogen (secondary N) is 1. The molecule has 0 fully saturated rings. The van der Waals surface area contributed by atoms with Crippen molar-refractivity contribution in [3.05, 3.63) is 12.2 Å². The zero-order chi connectivity index (χ0) is 15.4. The van der Waals surface area contributed by atoms with E-state index in [2.05, 4.69) is 19.2 Å². The number of ketones is 1. The Morgan fingerprint density at radius 2 is 1.65 bits per heavy atom. The average molecular weight is 285 g/mol. The first-order valence-corrected chi connectivity index (χ1v) is 7.08. The van der Waals surface area contributed by atoms with Crippen LogP contribution in [0, 0.1) is 11.8 Å². The lowest BCUT2D eigenvalue weighted by molar-refractivity contribution is -0.119. The van der Waals surface area contributed by atoms with Gasteiger partial charge in [0, 0.05) is 25.1 Å². The molecule has 0 radical (unpaired) electrons. The highest BCUT2D eigenvalue weighted by atomic mass is 16.5. The van der Waals surface area contributed by atoms with Crippen molar-refractivity contribution in [1.82, 2.24) is 5.32 Å². The van der Waals surface area contributed by atoms with Gasteiger partial charge in [0.25, 0.3) is 0 Å². The molecular weight excluding hydrogens is 258 g/mol. The maximum Gasteiger partial charge on any atom is 0.244 e. The lowest BCUT2D eigenvalue weighted by atomic mass is 10.1. The number of carbonyl (C=O) groups is 2. The van der Waals surface area contributed by atoms with Crippen LogP contribution >= 0.6 is 0 Å². The molecule has 0 saturated heterocycles. The van der Waals surface area contributed by atoms with Gasteiger partial charge in [0.1, 0.15) is 0 Å². The number of hydrogen-bond donors (Lipinski definition) is 1. The van der Waals surface area contributed by atoms with Crippen molar-refractivity contribution in [2.75, 3.05) is 33.0 Å². The molecule has 116 valence electrons. The molecule has 1 amide bonds. The van der Waals surface area contributed by atoms with Crippen LogP contribution < -0.4 is 5.32 Å². The van der Waals surface area contributed by atoms with Gasteiger partial charge in [-0.2, -0.15) is 0 Å². The van der Waals surface area contributed by atoms with Crippen molar-refractivity contribution in [2.24, 2.45) is 11.8 Å². The van der Waals surface area contributed by atoms with E-state index in [0.29, 0.717) is 32.3 Å². The molecule has 5 nitrogen and oxygen atoms in total. The fourth-order valence-electron chi connectivity index (χ4n) is 1.19. The van der Waals surface area contributed by atoms with E-state index in [-0.39, 0.29) is 17.6 Å². The minimum Gasteiger partial charge on any atom is -0.379 e. The smallest absolute Gasteiger partial charge is 0.244 e. The molecule has 0 saturated carbocycles. The van der Waals surface area contributed by atoms with E-state index in [1.807, 2.05) is 0 Å². The Bertz CT molecular complexity index is 311. The molecule has 5 heteroatoms. The first-order valence-electron chi connectivity index (χ1n) is 7.08. The van der Waals surface area contributed by atoms with Crippen LogP contribution in [-0.4, -0.2) is 44.7 Å². The fourth-order valence-corrected chi connectivity index (χ4v) is 1.19. The summed E-state index contributed by atoms with van der Waals surface area (Å²) in [6.45, 7) is 10.4. The summed E-state index contributed by atoms with van der Waals surface area (Å²) < 4.78 is 10.6. The number of allylic oxidation sites excluding steroid dienone is 1. The molecule has 1 N–H and O–H groups in total. The minimum absolute atomic E-state index is 0.0568. The predicted octanol–water partition coefficient (Wildman–Crippen LogP) is 1.57. The molecule has 0 aromatic heterocycles. The highest BCUT2D eigenvalue weighted by Crippen LogP contribution is 1.94. The summed E-state index contributed by atoms with van der Waals surface area (Å²) in [6, 6.07) is 0. The second-order valence-electron chi connectivity index (χ2n) is 5.26. The van der Waals surface area contributed by atoms with Gasteiger partial charge in [-0.15, -0.1) is 0 Å². The normalized spacial score (nSPS) is 11.5. The van der Waals surface area contributed by atoms with E-state index < -0.39 is 0 Å². The van der Waals surface area contributed by atoms with Crippen LogP contribution in [-0.2, 0) is 19.1 Å². The van der Waals surface area contributed by atoms with Crippen molar-refractivity contribution >= 4 is 11.7 Å². The van der Waals surface area contributed by atoms with E-state index in [1.165, 1.54) is 12.2 Å². The van der Waals surface area contributed by atoms with Gasteiger partial charge in [-0.25, -0.2) is 0 Å². The molecule has 0 atom stereocenters. The molecule has 0 unspecified atom stereocenters. The molecule has 0 bridgehead atoms. The summed E-state index contributed by atoms with van der Waals surface area (Å²) in [7, 11) is 0. The summed E-state index contributed by atoms with van der Waals surface area (Å²) in [5.74, 6) is 0.0974. The first-order chi connectivity index (χ1) is 9.43. The number of amides is 1. The van der Waals surface area contributed by atoms with Gasteiger partial charge in [0.05, 0.1) is 19.8 Å². The van der Waals surface area contributed by atoms with Crippen molar-refractivity contribution in [3.63, 3.8) is 0 Å². The second kappa shape index (κ2) is 11.6. The number of ether oxygens (including phenoxy) is 2. The van der Waals surface area contributed by atoms with Crippen LogP contribution in [0.15, 0.2) is 12.2 Å². The van der Waals surface area contributed by atoms with Crippen LogP contribution in [0.5, 0.6) is 0 Å². The summed E-state index contributed by atoms with van der Waals surface area (Å²) in [4.78, 5) is 22.6. The van der Waals surface area contributed by atoms with Crippen LogP contribution in [0.25, 0.3) is 0 Å². The van der Waals surface area contributed by atoms with Crippen LogP contribution in [0.2, 0.25) is 0 Å². The van der Waals surface area contributed by atoms with Gasteiger partial charge in [-0.3, -0.25) is 9.59 Å². The van der Waals surface area contributed by atoms with Gasteiger partial charge in [0.2, 0.25) is 5.91 Å². The van der Waals surface area contributed by atoms with E-state index in [9.17, 15) is 9.59 Å². The molecule has 20 heavy (non-hydrogen) atoms. The molecule has 0 aromatic carbocycles. The SMILES string of the molecule is CC(C)COCCOCCNC(=O)/C=C\C(=O)C(C)C. The predicted molar refractivity (Wildman–Crippen MR) is 78.5 cm³/mol. The second-order valence-corrected chi connectivity index (χ2v) is 5.26. The molecular formula is C15H27NO4. The van der Waals surface area contributed by atoms with Gasteiger partial charge in [-0.05, 0) is 12.0 Å². The fraction of sp³-hybridized carbons (Fsp3) is 0.733. The average Bonchev–Trinajstić information content (AvgIpc) is 2.38. The van der Waals surface area contributed by atoms with Gasteiger partial charge in [-0.1, -0.05) is 27.7 Å². The summed E-state index contributed by atoms with van der Waals surface area (Å²) in [5.41, 5.74) is 0. The van der Waals surface area contributed by atoms with Crippen molar-refractivity contribution in [2.45, 2.75) is 27.7 Å². The summed E-state index contributed by atoms with van der Waals surface area (Å²) in [5, 5.41) is 2.64. The standard InChI is InChI=1S/C15H27NO4/c1-12(2)11-20-10-9-19-8-7-16-15(18)6-5-14(17)13(3)4/h5-6,12-13H,7-11H2,1-4H3,(H,16,18)/b6-5-. The summed E-state index contributed by atoms with van der Waals surface area (Å²) in [6.07, 6.45) is 2.56. The Hall–Kier alpha value is -1.20. The maximum atomic E-state index is 11.3. The minimum atomic E-state index is -0.279. The van der Waals surface area contributed by atoms with Crippen LogP contribution in [0.3, 0.4) is 0 Å². The Kier molecular flexibility index (Phi) is 10.9. The monoisotopic (exact) mass is 285 g/mol. The zero-order valence-electron chi connectivity index (χ0n) is 13.0. The van der Waals surface area contributed by atoms with Crippen molar-refractivity contribution < 1.29 is 19.1 Å². The van der Waals surface area contributed by atoms with Crippen LogP contribution in [0.4, 0.5) is 0 Å². The third-order valence-corrected chi connectivity index (χ3v) is 2.34. The maximum absolute atomic E-state index is 11.3. The molecule has 0 rings (SSSR count). The number of rotatable bonds is 11. The van der Waals surface area contributed by atoms with Gasteiger partial charge in [0.15, 0.2) is 5.78 Å². The molecule has 0 aliphatic heterocycles. The Balaban J connectivity index is 3.47. The largest absolute Gasteiger partial charge is 0.379 e. The van der Waals surface area contributed by atoms with Gasteiger partial charge < -0.3 is 14.8 Å². The van der Waals surface area contributed by atoms with Gasteiger partial charge >= 0.3 is 0 Å². The van der Waals surface area contributed by atoms with E-state index >= 15 is 0 Å². The quantitative estimate of drug-likeness (QED) is 0.462. The van der Waals surface area contributed by atoms with E-state index in [4.69, 9.17) is 9.47 Å². The lowest BCUT2D eigenvalue weighted by Gasteiger charge is -2.07. The Morgan fingerprint density at radius 1 is 1.00 bits per heavy atom.